The Morgan fingerprint density at radius 1 is 1.10 bits per heavy atom. The van der Waals surface area contributed by atoms with Crippen LogP contribution in [0.25, 0.3) is 0 Å². The number of likely N-dealkylation sites (N-methyl/N-ethyl adjacent to an activating group) is 1. The smallest absolute Gasteiger partial charge is 0.338 e. The van der Waals surface area contributed by atoms with Crippen molar-refractivity contribution >= 4 is 21.9 Å². The zero-order chi connectivity index (χ0) is 22.4. The fourth-order valence-electron chi connectivity index (χ4n) is 3.24. The van der Waals surface area contributed by atoms with Crippen molar-refractivity contribution in [2.24, 2.45) is 0 Å². The van der Waals surface area contributed by atoms with Crippen molar-refractivity contribution in [2.45, 2.75) is 24.5 Å². The molecule has 2 aromatic rings. The van der Waals surface area contributed by atoms with Crippen LogP contribution in [0.3, 0.4) is 0 Å². The number of nitrogens with zero attached hydrogens (tertiary/aromatic N) is 2. The van der Waals surface area contributed by atoms with E-state index >= 15 is 0 Å². The van der Waals surface area contributed by atoms with Crippen LogP contribution < -0.4 is 0 Å². The zero-order valence-corrected chi connectivity index (χ0v) is 18.4. The molecule has 1 atom stereocenters. The van der Waals surface area contributed by atoms with Crippen molar-refractivity contribution in [3.8, 4) is 0 Å². The normalized spacial score (nSPS) is 15.8. The Labute approximate surface area is 182 Å². The number of hydrogen-bond acceptors (Lipinski definition) is 6. The highest BCUT2D eigenvalue weighted by Crippen LogP contribution is 2.19. The summed E-state index contributed by atoms with van der Waals surface area (Å²) in [4.78, 5) is 26.6. The Morgan fingerprint density at radius 3 is 2.45 bits per heavy atom. The molecule has 1 saturated heterocycles. The summed E-state index contributed by atoms with van der Waals surface area (Å²) in [6.45, 7) is 3.06. The van der Waals surface area contributed by atoms with Crippen LogP contribution in [0.15, 0.2) is 59.5 Å². The number of carbonyl (C=O) groups is 2. The molecule has 0 aliphatic carbocycles. The van der Waals surface area contributed by atoms with E-state index in [9.17, 15) is 18.0 Å². The van der Waals surface area contributed by atoms with Gasteiger partial charge in [-0.2, -0.15) is 4.31 Å². The Hall–Kier alpha value is -2.75. The van der Waals surface area contributed by atoms with Crippen LogP contribution in [-0.2, 0) is 30.8 Å². The minimum Gasteiger partial charge on any atom is -0.449 e. The van der Waals surface area contributed by atoms with Gasteiger partial charge in [0.1, 0.15) is 0 Å². The molecule has 8 nitrogen and oxygen atoms in total. The predicted octanol–water partition coefficient (Wildman–Crippen LogP) is 1.91. The van der Waals surface area contributed by atoms with Gasteiger partial charge in [-0.05, 0) is 30.7 Å². The summed E-state index contributed by atoms with van der Waals surface area (Å²) in [5.41, 5.74) is 1.03. The highest BCUT2D eigenvalue weighted by atomic mass is 32.2. The zero-order valence-electron chi connectivity index (χ0n) is 17.6. The molecule has 0 N–H and O–H groups in total. The number of sulfonamides is 1. The number of carbonyl (C=O) groups excluding carboxylic acids is 2. The van der Waals surface area contributed by atoms with Crippen molar-refractivity contribution < 1.29 is 27.5 Å². The molecule has 1 heterocycles. The Morgan fingerprint density at radius 2 is 1.77 bits per heavy atom. The second-order valence-electron chi connectivity index (χ2n) is 7.27. The van der Waals surface area contributed by atoms with Gasteiger partial charge in [0.2, 0.25) is 10.0 Å². The van der Waals surface area contributed by atoms with Crippen molar-refractivity contribution in [2.75, 3.05) is 33.4 Å². The first-order valence-electron chi connectivity index (χ1n) is 9.97. The van der Waals surface area contributed by atoms with E-state index in [0.717, 1.165) is 5.56 Å². The molecule has 1 aliphatic rings. The molecule has 0 saturated carbocycles. The van der Waals surface area contributed by atoms with Gasteiger partial charge in [0.15, 0.2) is 6.10 Å². The summed E-state index contributed by atoms with van der Waals surface area (Å²) in [6.07, 6.45) is -1.01. The number of hydrogen-bond donors (Lipinski definition) is 0. The van der Waals surface area contributed by atoms with E-state index in [-0.39, 0.29) is 29.5 Å². The SMILES string of the molecule is C[C@H](OC(=O)c1cccc(S(=O)(=O)N2CCOCC2)c1)C(=O)N(C)Cc1ccccc1. The van der Waals surface area contributed by atoms with Crippen molar-refractivity contribution in [3.63, 3.8) is 0 Å². The minimum absolute atomic E-state index is 0.00373. The Balaban J connectivity index is 1.66. The molecule has 0 unspecified atom stereocenters. The van der Waals surface area contributed by atoms with Crippen molar-refractivity contribution in [1.29, 1.82) is 0 Å². The van der Waals surface area contributed by atoms with Gasteiger partial charge in [0, 0.05) is 26.7 Å². The predicted molar refractivity (Wildman–Crippen MR) is 114 cm³/mol. The number of rotatable bonds is 7. The topological polar surface area (TPSA) is 93.2 Å². The fourth-order valence-corrected chi connectivity index (χ4v) is 4.70. The number of ether oxygens (including phenoxy) is 2. The molecule has 3 rings (SSSR count). The molecule has 0 spiro atoms. The Bertz CT molecular complexity index is 1020. The van der Waals surface area contributed by atoms with Gasteiger partial charge in [0.25, 0.3) is 5.91 Å². The average Bonchev–Trinajstić information content (AvgIpc) is 2.79. The van der Waals surface area contributed by atoms with Crippen LogP contribution in [-0.4, -0.2) is 69.0 Å². The average molecular weight is 447 g/mol. The van der Waals surface area contributed by atoms with Gasteiger partial charge in [-0.15, -0.1) is 0 Å². The summed E-state index contributed by atoms with van der Waals surface area (Å²) in [5, 5.41) is 0. The molecule has 1 aliphatic heterocycles. The Kier molecular flexibility index (Phi) is 7.42. The van der Waals surface area contributed by atoms with Crippen LogP contribution >= 0.6 is 0 Å². The van der Waals surface area contributed by atoms with Crippen LogP contribution in [0, 0.1) is 0 Å². The van der Waals surface area contributed by atoms with E-state index in [1.165, 1.54) is 40.4 Å². The maximum atomic E-state index is 12.8. The molecule has 1 fully saturated rings. The first-order valence-corrected chi connectivity index (χ1v) is 11.4. The lowest BCUT2D eigenvalue weighted by atomic mass is 10.2. The van der Waals surface area contributed by atoms with E-state index in [4.69, 9.17) is 9.47 Å². The van der Waals surface area contributed by atoms with Crippen molar-refractivity contribution in [3.05, 3.63) is 65.7 Å². The molecule has 0 bridgehead atoms. The number of amides is 1. The van der Waals surface area contributed by atoms with Crippen molar-refractivity contribution in [1.82, 2.24) is 9.21 Å². The van der Waals surface area contributed by atoms with Gasteiger partial charge >= 0.3 is 5.97 Å². The molecule has 0 radical (unpaired) electrons. The van der Waals surface area contributed by atoms with Gasteiger partial charge < -0.3 is 14.4 Å². The van der Waals surface area contributed by atoms with Gasteiger partial charge in [-0.25, -0.2) is 13.2 Å². The minimum atomic E-state index is -3.74. The van der Waals surface area contributed by atoms with E-state index in [1.54, 1.807) is 7.05 Å². The molecule has 0 aromatic heterocycles. The van der Waals surface area contributed by atoms with Crippen LogP contribution in [0.2, 0.25) is 0 Å². The maximum absolute atomic E-state index is 12.8. The number of morpholine rings is 1. The summed E-state index contributed by atoms with van der Waals surface area (Å²) in [7, 11) is -2.11. The molecular formula is C22H26N2O6S. The van der Waals surface area contributed by atoms with Gasteiger partial charge in [0.05, 0.1) is 23.7 Å². The lowest BCUT2D eigenvalue weighted by Crippen LogP contribution is -2.40. The third kappa shape index (κ3) is 5.69. The van der Waals surface area contributed by atoms with E-state index in [0.29, 0.717) is 19.8 Å². The van der Waals surface area contributed by atoms with Crippen LogP contribution in [0.5, 0.6) is 0 Å². The third-order valence-corrected chi connectivity index (χ3v) is 6.84. The number of benzene rings is 2. The first-order chi connectivity index (χ1) is 14.8. The molecule has 1 amide bonds. The largest absolute Gasteiger partial charge is 0.449 e. The summed E-state index contributed by atoms with van der Waals surface area (Å²) >= 11 is 0. The maximum Gasteiger partial charge on any atom is 0.338 e. The first kappa shape index (κ1) is 22.9. The second-order valence-corrected chi connectivity index (χ2v) is 9.21. The molecular weight excluding hydrogens is 420 g/mol. The highest BCUT2D eigenvalue weighted by molar-refractivity contribution is 7.89. The lowest BCUT2D eigenvalue weighted by molar-refractivity contribution is -0.139. The standard InChI is InChI=1S/C22H26N2O6S/c1-17(21(25)23(2)16-18-7-4-3-5-8-18)30-22(26)19-9-6-10-20(15-19)31(27,28)24-11-13-29-14-12-24/h3-10,15,17H,11-14,16H2,1-2H3/t17-/m0/s1. The summed E-state index contributed by atoms with van der Waals surface area (Å²) in [5.74, 6) is -1.11. The van der Waals surface area contributed by atoms with E-state index in [1.807, 2.05) is 30.3 Å². The summed E-state index contributed by atoms with van der Waals surface area (Å²) in [6, 6.07) is 15.1. The fraction of sp³-hybridized carbons (Fsp3) is 0.364. The van der Waals surface area contributed by atoms with Gasteiger partial charge in [-0.3, -0.25) is 4.79 Å². The van der Waals surface area contributed by atoms with E-state index < -0.39 is 22.1 Å². The lowest BCUT2D eigenvalue weighted by Gasteiger charge is -2.26. The van der Waals surface area contributed by atoms with Gasteiger partial charge in [-0.1, -0.05) is 36.4 Å². The van der Waals surface area contributed by atoms with Crippen LogP contribution in [0.1, 0.15) is 22.8 Å². The van der Waals surface area contributed by atoms with E-state index in [2.05, 4.69) is 0 Å². The monoisotopic (exact) mass is 446 g/mol. The molecule has 2 aromatic carbocycles. The van der Waals surface area contributed by atoms with Crippen LogP contribution in [0.4, 0.5) is 0 Å². The summed E-state index contributed by atoms with van der Waals surface area (Å²) < 4.78 is 37.5. The third-order valence-electron chi connectivity index (χ3n) is 4.95. The molecule has 166 valence electrons. The molecule has 31 heavy (non-hydrogen) atoms. The highest BCUT2D eigenvalue weighted by Gasteiger charge is 2.28. The molecule has 9 heteroatoms. The quantitative estimate of drug-likeness (QED) is 0.603. The second kappa shape index (κ2) is 10.0. The number of esters is 1.